The van der Waals surface area contributed by atoms with Gasteiger partial charge in [0.2, 0.25) is 11.9 Å². The number of aromatic nitrogens is 2. The van der Waals surface area contributed by atoms with E-state index in [1.165, 1.54) is 0 Å². The molecule has 2 aliphatic rings. The SMILES string of the molecule is CC(C)Cc1cc(C(=O)N2[C@@H]3CC[C@H]2CNC(=O)C3)nc(N)n1. The maximum absolute atomic E-state index is 13.0. The minimum Gasteiger partial charge on any atom is -0.368 e. The van der Waals surface area contributed by atoms with Gasteiger partial charge in [0, 0.05) is 30.7 Å². The molecule has 0 spiro atoms. The number of rotatable bonds is 3. The standard InChI is InChI=1S/C16H23N5O2/c1-9(2)5-10-6-13(20-16(17)19-10)15(23)21-11-3-4-12(21)8-18-14(22)7-11/h6,9,11-12H,3-5,7-8H2,1-2H3,(H,18,22)(H2,17,19,20)/t11-,12+/m1/s1. The summed E-state index contributed by atoms with van der Waals surface area (Å²) in [6, 6.07) is 1.74. The number of hydrogen-bond acceptors (Lipinski definition) is 5. The summed E-state index contributed by atoms with van der Waals surface area (Å²) in [7, 11) is 0. The van der Waals surface area contributed by atoms with Gasteiger partial charge in [-0.3, -0.25) is 9.59 Å². The number of hydrogen-bond donors (Lipinski definition) is 2. The lowest BCUT2D eigenvalue weighted by atomic mass is 10.1. The molecule has 2 saturated heterocycles. The Labute approximate surface area is 135 Å². The van der Waals surface area contributed by atoms with Gasteiger partial charge in [0.05, 0.1) is 0 Å². The monoisotopic (exact) mass is 317 g/mol. The predicted octanol–water partition coefficient (Wildman–Crippen LogP) is 0.750. The molecular formula is C16H23N5O2. The van der Waals surface area contributed by atoms with Gasteiger partial charge in [0.25, 0.3) is 5.91 Å². The van der Waals surface area contributed by atoms with Crippen LogP contribution in [0.15, 0.2) is 6.07 Å². The van der Waals surface area contributed by atoms with E-state index in [9.17, 15) is 9.59 Å². The third-order valence-electron chi connectivity index (χ3n) is 4.44. The molecule has 3 heterocycles. The zero-order chi connectivity index (χ0) is 16.6. The second kappa shape index (κ2) is 6.14. The van der Waals surface area contributed by atoms with Crippen molar-refractivity contribution in [1.29, 1.82) is 0 Å². The smallest absolute Gasteiger partial charge is 0.273 e. The third kappa shape index (κ3) is 3.28. The average molecular weight is 317 g/mol. The molecule has 0 unspecified atom stereocenters. The zero-order valence-corrected chi connectivity index (χ0v) is 13.6. The molecule has 2 aliphatic heterocycles. The molecule has 1 aromatic rings. The minimum absolute atomic E-state index is 0.0118. The van der Waals surface area contributed by atoms with Gasteiger partial charge in [-0.2, -0.15) is 0 Å². The molecular weight excluding hydrogens is 294 g/mol. The fourth-order valence-electron chi connectivity index (χ4n) is 3.49. The van der Waals surface area contributed by atoms with Crippen LogP contribution in [0.4, 0.5) is 5.95 Å². The molecule has 0 aromatic carbocycles. The van der Waals surface area contributed by atoms with Crippen LogP contribution in [0.25, 0.3) is 0 Å². The molecule has 0 saturated carbocycles. The summed E-state index contributed by atoms with van der Waals surface area (Å²) in [5.74, 6) is 0.414. The van der Waals surface area contributed by atoms with Crippen molar-refractivity contribution in [3.8, 4) is 0 Å². The molecule has 0 radical (unpaired) electrons. The van der Waals surface area contributed by atoms with Crippen LogP contribution in [0.5, 0.6) is 0 Å². The lowest BCUT2D eigenvalue weighted by Crippen LogP contribution is -2.43. The van der Waals surface area contributed by atoms with E-state index in [4.69, 9.17) is 5.73 Å². The number of fused-ring (bicyclic) bond motifs is 2. The Morgan fingerprint density at radius 3 is 2.87 bits per heavy atom. The average Bonchev–Trinajstić information content (AvgIpc) is 2.76. The van der Waals surface area contributed by atoms with Gasteiger partial charge >= 0.3 is 0 Å². The Kier molecular flexibility index (Phi) is 4.19. The van der Waals surface area contributed by atoms with Crippen molar-refractivity contribution >= 4 is 17.8 Å². The first-order chi connectivity index (χ1) is 10.9. The highest BCUT2D eigenvalue weighted by molar-refractivity contribution is 5.94. The fraction of sp³-hybridized carbons (Fsp3) is 0.625. The topological polar surface area (TPSA) is 101 Å². The molecule has 2 amide bonds. The number of nitrogens with one attached hydrogen (secondary N) is 1. The highest BCUT2D eigenvalue weighted by Gasteiger charge is 2.41. The Bertz CT molecular complexity index is 631. The van der Waals surface area contributed by atoms with E-state index in [-0.39, 0.29) is 29.8 Å². The quantitative estimate of drug-likeness (QED) is 0.856. The number of anilines is 1. The number of carbonyl (C=O) groups is 2. The molecule has 2 fully saturated rings. The van der Waals surface area contributed by atoms with E-state index < -0.39 is 0 Å². The maximum Gasteiger partial charge on any atom is 0.273 e. The number of nitrogen functional groups attached to an aromatic ring is 1. The van der Waals surface area contributed by atoms with Crippen molar-refractivity contribution in [1.82, 2.24) is 20.2 Å². The molecule has 1 aromatic heterocycles. The Hall–Kier alpha value is -2.18. The second-order valence-electron chi connectivity index (χ2n) is 6.81. The Balaban J connectivity index is 1.88. The highest BCUT2D eigenvalue weighted by atomic mass is 16.2. The van der Waals surface area contributed by atoms with Crippen LogP contribution in [-0.4, -0.2) is 45.3 Å². The van der Waals surface area contributed by atoms with Gasteiger partial charge in [-0.25, -0.2) is 9.97 Å². The van der Waals surface area contributed by atoms with E-state index in [1.807, 2.05) is 4.90 Å². The molecule has 2 atom stereocenters. The summed E-state index contributed by atoms with van der Waals surface area (Å²) in [6.07, 6.45) is 2.89. The van der Waals surface area contributed by atoms with E-state index in [0.29, 0.717) is 24.6 Å². The first kappa shape index (κ1) is 15.7. The van der Waals surface area contributed by atoms with Gasteiger partial charge in [-0.15, -0.1) is 0 Å². The van der Waals surface area contributed by atoms with E-state index in [2.05, 4.69) is 29.1 Å². The molecule has 7 heteroatoms. The summed E-state index contributed by atoms with van der Waals surface area (Å²) >= 11 is 0. The summed E-state index contributed by atoms with van der Waals surface area (Å²) in [5.41, 5.74) is 6.90. The van der Waals surface area contributed by atoms with E-state index >= 15 is 0 Å². The molecule has 3 rings (SSSR count). The summed E-state index contributed by atoms with van der Waals surface area (Å²) in [6.45, 7) is 4.69. The number of amides is 2. The van der Waals surface area contributed by atoms with Gasteiger partial charge in [-0.1, -0.05) is 13.8 Å². The summed E-state index contributed by atoms with van der Waals surface area (Å²) in [4.78, 5) is 34.8. The zero-order valence-electron chi connectivity index (χ0n) is 13.6. The van der Waals surface area contributed by atoms with Crippen molar-refractivity contribution in [2.45, 2.75) is 51.6 Å². The molecule has 7 nitrogen and oxygen atoms in total. The summed E-state index contributed by atoms with van der Waals surface area (Å²) in [5, 5.41) is 2.87. The van der Waals surface area contributed by atoms with Crippen molar-refractivity contribution in [3.63, 3.8) is 0 Å². The van der Waals surface area contributed by atoms with E-state index in [0.717, 1.165) is 25.0 Å². The van der Waals surface area contributed by atoms with Crippen LogP contribution in [-0.2, 0) is 11.2 Å². The van der Waals surface area contributed by atoms with Gasteiger partial charge in [-0.05, 0) is 31.2 Å². The molecule has 3 N–H and O–H groups in total. The van der Waals surface area contributed by atoms with Crippen LogP contribution in [0.3, 0.4) is 0 Å². The first-order valence-corrected chi connectivity index (χ1v) is 8.17. The van der Waals surface area contributed by atoms with Gasteiger partial charge < -0.3 is 16.0 Å². The Morgan fingerprint density at radius 2 is 2.13 bits per heavy atom. The lowest BCUT2D eigenvalue weighted by molar-refractivity contribution is -0.121. The Morgan fingerprint density at radius 1 is 1.39 bits per heavy atom. The minimum atomic E-state index is -0.145. The van der Waals surface area contributed by atoms with Crippen LogP contribution in [0.2, 0.25) is 0 Å². The van der Waals surface area contributed by atoms with Crippen molar-refractivity contribution in [3.05, 3.63) is 17.5 Å². The van der Waals surface area contributed by atoms with Crippen molar-refractivity contribution in [2.24, 2.45) is 5.92 Å². The normalized spacial score (nSPS) is 23.8. The number of nitrogens with zero attached hydrogens (tertiary/aromatic N) is 3. The number of nitrogens with two attached hydrogens (primary N) is 1. The van der Waals surface area contributed by atoms with Gasteiger partial charge in [0.15, 0.2) is 0 Å². The highest BCUT2D eigenvalue weighted by Crippen LogP contribution is 2.29. The second-order valence-corrected chi connectivity index (χ2v) is 6.81. The molecule has 124 valence electrons. The molecule has 23 heavy (non-hydrogen) atoms. The van der Waals surface area contributed by atoms with E-state index in [1.54, 1.807) is 6.07 Å². The van der Waals surface area contributed by atoms with Crippen molar-refractivity contribution < 1.29 is 9.59 Å². The fourth-order valence-corrected chi connectivity index (χ4v) is 3.49. The molecule has 2 bridgehead atoms. The van der Waals surface area contributed by atoms with Crippen LogP contribution in [0, 0.1) is 5.92 Å². The largest absolute Gasteiger partial charge is 0.368 e. The van der Waals surface area contributed by atoms with Gasteiger partial charge in [0.1, 0.15) is 5.69 Å². The van der Waals surface area contributed by atoms with Crippen LogP contribution >= 0.6 is 0 Å². The summed E-state index contributed by atoms with van der Waals surface area (Å²) < 4.78 is 0. The number of carbonyl (C=O) groups excluding carboxylic acids is 2. The van der Waals surface area contributed by atoms with Crippen LogP contribution < -0.4 is 11.1 Å². The lowest BCUT2D eigenvalue weighted by Gasteiger charge is -2.27. The molecule has 0 aliphatic carbocycles. The third-order valence-corrected chi connectivity index (χ3v) is 4.44. The first-order valence-electron chi connectivity index (χ1n) is 8.17. The predicted molar refractivity (Wildman–Crippen MR) is 85.6 cm³/mol. The van der Waals surface area contributed by atoms with Crippen LogP contribution in [0.1, 0.15) is 49.3 Å². The maximum atomic E-state index is 13.0. The van der Waals surface area contributed by atoms with Crippen molar-refractivity contribution in [2.75, 3.05) is 12.3 Å².